The van der Waals surface area contributed by atoms with Crippen LogP contribution in [0.2, 0.25) is 0 Å². The SMILES string of the molecule is CN(C)CCCC(=O)N(CCCCCC(=O)NOC1CCCCO1)CCc1cccc2ccccc12. The lowest BCUT2D eigenvalue weighted by Gasteiger charge is -2.24. The first-order chi connectivity index (χ1) is 17.5. The fraction of sp³-hybridized carbons (Fsp3) is 0.586. The first-order valence-corrected chi connectivity index (χ1v) is 13.5. The highest BCUT2D eigenvalue weighted by Crippen LogP contribution is 2.19. The summed E-state index contributed by atoms with van der Waals surface area (Å²) in [7, 11) is 4.07. The molecule has 1 atom stereocenters. The Morgan fingerprint density at radius 1 is 0.944 bits per heavy atom. The number of benzene rings is 2. The molecule has 2 aromatic rings. The average Bonchev–Trinajstić information content (AvgIpc) is 2.89. The Balaban J connectivity index is 1.43. The van der Waals surface area contributed by atoms with E-state index in [4.69, 9.17) is 9.57 Å². The van der Waals surface area contributed by atoms with Crippen LogP contribution in [0.4, 0.5) is 0 Å². The number of fused-ring (bicyclic) bond motifs is 1. The fourth-order valence-electron chi connectivity index (χ4n) is 4.58. The number of hydrogen-bond acceptors (Lipinski definition) is 5. The maximum Gasteiger partial charge on any atom is 0.243 e. The molecule has 0 spiro atoms. The summed E-state index contributed by atoms with van der Waals surface area (Å²) in [5.41, 5.74) is 3.80. The standard InChI is InChI=1S/C29H43N3O4/c1-31(2)20-11-17-28(34)32(22-19-25-14-10-13-24-12-5-6-15-26(24)25)21-8-3-4-16-27(33)30-36-29-18-7-9-23-35-29/h5-6,10,12-15,29H,3-4,7-9,11,16-23H2,1-2H3,(H,30,33). The highest BCUT2D eigenvalue weighted by molar-refractivity contribution is 5.85. The minimum atomic E-state index is -0.323. The molecule has 1 aliphatic rings. The average molecular weight is 498 g/mol. The third-order valence-corrected chi connectivity index (χ3v) is 6.65. The zero-order valence-corrected chi connectivity index (χ0v) is 22.0. The van der Waals surface area contributed by atoms with E-state index in [0.717, 1.165) is 64.5 Å². The van der Waals surface area contributed by atoms with Crippen LogP contribution >= 0.6 is 0 Å². The molecule has 3 rings (SSSR count). The number of nitrogens with one attached hydrogen (secondary N) is 1. The minimum Gasteiger partial charge on any atom is -0.350 e. The van der Waals surface area contributed by atoms with Crippen molar-refractivity contribution in [2.45, 2.75) is 70.5 Å². The van der Waals surface area contributed by atoms with Gasteiger partial charge in [-0.2, -0.15) is 0 Å². The third-order valence-electron chi connectivity index (χ3n) is 6.65. The van der Waals surface area contributed by atoms with Gasteiger partial charge in [0.2, 0.25) is 11.8 Å². The first kappa shape index (κ1) is 28.1. The number of ether oxygens (including phenoxy) is 1. The van der Waals surface area contributed by atoms with Crippen molar-refractivity contribution in [3.05, 3.63) is 48.0 Å². The van der Waals surface area contributed by atoms with E-state index in [-0.39, 0.29) is 18.1 Å². The molecule has 1 saturated heterocycles. The molecule has 1 aliphatic heterocycles. The molecule has 0 aliphatic carbocycles. The van der Waals surface area contributed by atoms with Gasteiger partial charge in [0.25, 0.3) is 0 Å². The molecule has 1 heterocycles. The number of amides is 2. The lowest BCUT2D eigenvalue weighted by molar-refractivity contribution is -0.200. The molecule has 1 unspecified atom stereocenters. The zero-order valence-electron chi connectivity index (χ0n) is 22.0. The van der Waals surface area contributed by atoms with Crippen LogP contribution in [0, 0.1) is 0 Å². The maximum atomic E-state index is 13.0. The second-order valence-electron chi connectivity index (χ2n) is 9.93. The molecule has 0 saturated carbocycles. The third kappa shape index (κ3) is 9.88. The van der Waals surface area contributed by atoms with Crippen LogP contribution in [0.25, 0.3) is 10.8 Å². The van der Waals surface area contributed by atoms with E-state index >= 15 is 0 Å². The number of carbonyl (C=O) groups is 2. The minimum absolute atomic E-state index is 0.114. The molecule has 1 N–H and O–H groups in total. The van der Waals surface area contributed by atoms with Gasteiger partial charge in [-0.15, -0.1) is 0 Å². The van der Waals surface area contributed by atoms with Crippen molar-refractivity contribution < 1.29 is 19.2 Å². The molecular formula is C29H43N3O4. The van der Waals surface area contributed by atoms with E-state index in [0.29, 0.717) is 26.0 Å². The molecular weight excluding hydrogens is 454 g/mol. The largest absolute Gasteiger partial charge is 0.350 e. The van der Waals surface area contributed by atoms with Crippen molar-refractivity contribution in [3.63, 3.8) is 0 Å². The number of rotatable bonds is 15. The summed E-state index contributed by atoms with van der Waals surface area (Å²) < 4.78 is 5.46. The van der Waals surface area contributed by atoms with E-state index in [9.17, 15) is 9.59 Å². The number of carbonyl (C=O) groups excluding carboxylic acids is 2. The highest BCUT2D eigenvalue weighted by Gasteiger charge is 2.16. The van der Waals surface area contributed by atoms with Gasteiger partial charge in [0.1, 0.15) is 0 Å². The lowest BCUT2D eigenvalue weighted by Crippen LogP contribution is -2.34. The molecule has 1 fully saturated rings. The van der Waals surface area contributed by atoms with Crippen LogP contribution in [0.3, 0.4) is 0 Å². The predicted molar refractivity (Wildman–Crippen MR) is 143 cm³/mol. The van der Waals surface area contributed by atoms with E-state index in [1.165, 1.54) is 16.3 Å². The Labute approximate surface area is 216 Å². The topological polar surface area (TPSA) is 71.1 Å². The quantitative estimate of drug-likeness (QED) is 0.286. The summed E-state index contributed by atoms with van der Waals surface area (Å²) in [6.07, 6.45) is 7.83. The van der Waals surface area contributed by atoms with Gasteiger partial charge in [-0.25, -0.2) is 10.3 Å². The first-order valence-electron chi connectivity index (χ1n) is 13.5. The van der Waals surface area contributed by atoms with Crippen LogP contribution in [-0.2, 0) is 25.6 Å². The van der Waals surface area contributed by atoms with Gasteiger partial charge < -0.3 is 14.5 Å². The fourth-order valence-corrected chi connectivity index (χ4v) is 4.58. The second-order valence-corrected chi connectivity index (χ2v) is 9.93. The number of hydrogen-bond donors (Lipinski definition) is 1. The highest BCUT2D eigenvalue weighted by atomic mass is 16.8. The van der Waals surface area contributed by atoms with Crippen molar-refractivity contribution in [3.8, 4) is 0 Å². The second kappa shape index (κ2) is 15.6. The molecule has 36 heavy (non-hydrogen) atoms. The Morgan fingerprint density at radius 2 is 1.78 bits per heavy atom. The summed E-state index contributed by atoms with van der Waals surface area (Å²) in [6, 6.07) is 14.8. The van der Waals surface area contributed by atoms with Gasteiger partial charge in [-0.3, -0.25) is 9.59 Å². The van der Waals surface area contributed by atoms with Crippen LogP contribution < -0.4 is 5.48 Å². The molecule has 0 aromatic heterocycles. The van der Waals surface area contributed by atoms with Crippen molar-refractivity contribution in [2.24, 2.45) is 0 Å². The van der Waals surface area contributed by atoms with Crippen LogP contribution in [0.5, 0.6) is 0 Å². The predicted octanol–water partition coefficient (Wildman–Crippen LogP) is 4.69. The van der Waals surface area contributed by atoms with Gasteiger partial charge in [-0.1, -0.05) is 48.9 Å². The molecule has 0 bridgehead atoms. The van der Waals surface area contributed by atoms with Gasteiger partial charge in [0.15, 0.2) is 6.29 Å². The molecule has 0 radical (unpaired) electrons. The number of unbranched alkanes of at least 4 members (excludes halogenated alkanes) is 2. The van der Waals surface area contributed by atoms with E-state index in [1.807, 2.05) is 19.0 Å². The maximum absolute atomic E-state index is 13.0. The summed E-state index contributed by atoms with van der Waals surface area (Å²) in [5, 5.41) is 2.49. The van der Waals surface area contributed by atoms with Gasteiger partial charge in [0, 0.05) is 39.0 Å². The summed E-state index contributed by atoms with van der Waals surface area (Å²) in [5.74, 6) is 0.104. The molecule has 2 amide bonds. The van der Waals surface area contributed by atoms with Crippen molar-refractivity contribution in [1.29, 1.82) is 0 Å². The van der Waals surface area contributed by atoms with Crippen molar-refractivity contribution in [1.82, 2.24) is 15.3 Å². The summed E-state index contributed by atoms with van der Waals surface area (Å²) >= 11 is 0. The summed E-state index contributed by atoms with van der Waals surface area (Å²) in [6.45, 7) is 3.03. The monoisotopic (exact) mass is 497 g/mol. The Hall–Kier alpha value is -2.48. The normalized spacial score (nSPS) is 15.8. The Morgan fingerprint density at radius 3 is 2.58 bits per heavy atom. The van der Waals surface area contributed by atoms with Gasteiger partial charge in [0.05, 0.1) is 0 Å². The molecule has 7 heteroatoms. The lowest BCUT2D eigenvalue weighted by atomic mass is 10.0. The smallest absolute Gasteiger partial charge is 0.243 e. The van der Waals surface area contributed by atoms with Gasteiger partial charge >= 0.3 is 0 Å². The Kier molecular flexibility index (Phi) is 12.2. The molecule has 2 aromatic carbocycles. The zero-order chi connectivity index (χ0) is 25.6. The van der Waals surface area contributed by atoms with E-state index < -0.39 is 0 Å². The summed E-state index contributed by atoms with van der Waals surface area (Å²) in [4.78, 5) is 34.6. The molecule has 198 valence electrons. The van der Waals surface area contributed by atoms with E-state index in [2.05, 4.69) is 52.8 Å². The van der Waals surface area contributed by atoms with Crippen LogP contribution in [0.1, 0.15) is 63.4 Å². The number of nitrogens with zero attached hydrogens (tertiary/aromatic N) is 2. The van der Waals surface area contributed by atoms with Crippen LogP contribution in [0.15, 0.2) is 42.5 Å². The van der Waals surface area contributed by atoms with Crippen molar-refractivity contribution >= 4 is 22.6 Å². The van der Waals surface area contributed by atoms with Gasteiger partial charge in [-0.05, 0) is 75.5 Å². The number of hydroxylamine groups is 1. The van der Waals surface area contributed by atoms with Crippen LogP contribution in [-0.4, -0.2) is 68.2 Å². The van der Waals surface area contributed by atoms with Crippen molar-refractivity contribution in [2.75, 3.05) is 40.3 Å². The molecule has 7 nitrogen and oxygen atoms in total. The van der Waals surface area contributed by atoms with E-state index in [1.54, 1.807) is 0 Å². The Bertz CT molecular complexity index is 938.